The number of nitrogens with zero attached hydrogens (tertiary/aromatic N) is 1. The van der Waals surface area contributed by atoms with Gasteiger partial charge in [0.25, 0.3) is 5.91 Å². The van der Waals surface area contributed by atoms with Crippen LogP contribution in [-0.4, -0.2) is 24.1 Å². The predicted octanol–water partition coefficient (Wildman–Crippen LogP) is 4.87. The topological polar surface area (TPSA) is 72.5 Å². The number of ether oxygens (including phenoxy) is 2. The van der Waals surface area contributed by atoms with E-state index in [-0.39, 0.29) is 12.0 Å². The summed E-state index contributed by atoms with van der Waals surface area (Å²) in [7, 11) is 1.54. The fourth-order valence-corrected chi connectivity index (χ4v) is 2.64. The van der Waals surface area contributed by atoms with Crippen LogP contribution >= 0.6 is 0 Å². The van der Waals surface area contributed by atoms with E-state index in [1.54, 1.807) is 36.5 Å². The molecule has 28 heavy (non-hydrogen) atoms. The summed E-state index contributed by atoms with van der Waals surface area (Å²) in [5.74, 6) is 1.67. The van der Waals surface area contributed by atoms with Gasteiger partial charge in [-0.1, -0.05) is 24.3 Å². The van der Waals surface area contributed by atoms with E-state index >= 15 is 0 Å². The minimum absolute atomic E-state index is 0.0727. The number of aromatic nitrogens is 1. The third-order valence-electron chi connectivity index (χ3n) is 3.89. The standard InChI is InChI=1S/C22H23N3O3/c1-15(2)28-20-11-7-5-9-18(20)25-21-13-12-16(14-23-21)24-22(26)17-8-4-6-10-19(17)27-3/h4-15H,1-3H3,(H,23,25)(H,24,26). The summed E-state index contributed by atoms with van der Waals surface area (Å²) in [6.07, 6.45) is 1.67. The number of carbonyl (C=O) groups excluding carboxylic acids is 1. The average molecular weight is 377 g/mol. The molecule has 0 unspecified atom stereocenters. The van der Waals surface area contributed by atoms with Gasteiger partial charge in [-0.3, -0.25) is 4.79 Å². The molecule has 0 radical (unpaired) electrons. The third kappa shape index (κ3) is 4.79. The van der Waals surface area contributed by atoms with Gasteiger partial charge in [-0.05, 0) is 50.2 Å². The highest BCUT2D eigenvalue weighted by molar-refractivity contribution is 6.06. The molecule has 0 fully saturated rings. The van der Waals surface area contributed by atoms with Gasteiger partial charge in [0.2, 0.25) is 0 Å². The number of pyridine rings is 1. The van der Waals surface area contributed by atoms with Gasteiger partial charge in [-0.2, -0.15) is 0 Å². The highest BCUT2D eigenvalue weighted by Gasteiger charge is 2.12. The van der Waals surface area contributed by atoms with E-state index in [4.69, 9.17) is 9.47 Å². The molecule has 0 aliphatic rings. The van der Waals surface area contributed by atoms with E-state index < -0.39 is 0 Å². The molecule has 0 spiro atoms. The van der Waals surface area contributed by atoms with Crippen molar-refractivity contribution >= 4 is 23.1 Å². The molecular formula is C22H23N3O3. The molecule has 0 saturated carbocycles. The predicted molar refractivity (Wildman–Crippen MR) is 111 cm³/mol. The minimum atomic E-state index is -0.254. The van der Waals surface area contributed by atoms with Crippen molar-refractivity contribution in [2.45, 2.75) is 20.0 Å². The maximum atomic E-state index is 12.5. The second kappa shape index (κ2) is 8.90. The maximum Gasteiger partial charge on any atom is 0.259 e. The van der Waals surface area contributed by atoms with Gasteiger partial charge < -0.3 is 20.1 Å². The second-order valence-corrected chi connectivity index (χ2v) is 6.37. The van der Waals surface area contributed by atoms with E-state index in [1.165, 1.54) is 7.11 Å². The van der Waals surface area contributed by atoms with Crippen LogP contribution in [-0.2, 0) is 0 Å². The van der Waals surface area contributed by atoms with Crippen molar-refractivity contribution in [2.24, 2.45) is 0 Å². The van der Waals surface area contributed by atoms with Gasteiger partial charge in [-0.15, -0.1) is 0 Å². The summed E-state index contributed by atoms with van der Waals surface area (Å²) in [5, 5.41) is 6.07. The Labute approximate surface area is 164 Å². The summed E-state index contributed by atoms with van der Waals surface area (Å²) in [4.78, 5) is 16.8. The Bertz CT molecular complexity index is 940. The van der Waals surface area contributed by atoms with Gasteiger partial charge in [-0.25, -0.2) is 4.98 Å². The molecule has 0 atom stereocenters. The molecule has 3 aromatic rings. The monoisotopic (exact) mass is 377 g/mol. The summed E-state index contributed by atoms with van der Waals surface area (Å²) < 4.78 is 11.0. The van der Waals surface area contributed by atoms with E-state index in [2.05, 4.69) is 15.6 Å². The molecule has 1 amide bonds. The lowest BCUT2D eigenvalue weighted by molar-refractivity contribution is 0.102. The molecular weight excluding hydrogens is 354 g/mol. The van der Waals surface area contributed by atoms with Crippen LogP contribution in [0.1, 0.15) is 24.2 Å². The first-order chi connectivity index (χ1) is 13.6. The van der Waals surface area contributed by atoms with Crippen LogP contribution in [0.5, 0.6) is 11.5 Å². The summed E-state index contributed by atoms with van der Waals surface area (Å²) in [6, 6.07) is 18.3. The molecule has 0 aliphatic carbocycles. The van der Waals surface area contributed by atoms with Crippen molar-refractivity contribution in [1.29, 1.82) is 0 Å². The van der Waals surface area contributed by atoms with Crippen molar-refractivity contribution in [3.63, 3.8) is 0 Å². The van der Waals surface area contributed by atoms with Gasteiger partial charge in [0, 0.05) is 0 Å². The average Bonchev–Trinajstić information content (AvgIpc) is 2.70. The molecule has 3 rings (SSSR count). The number of para-hydroxylation sites is 3. The first-order valence-electron chi connectivity index (χ1n) is 9.00. The highest BCUT2D eigenvalue weighted by Crippen LogP contribution is 2.28. The normalized spacial score (nSPS) is 10.4. The fraction of sp³-hybridized carbons (Fsp3) is 0.182. The van der Waals surface area contributed by atoms with Crippen molar-refractivity contribution in [2.75, 3.05) is 17.7 Å². The lowest BCUT2D eigenvalue weighted by Gasteiger charge is -2.15. The van der Waals surface area contributed by atoms with Crippen LogP contribution in [0.2, 0.25) is 0 Å². The minimum Gasteiger partial charge on any atom is -0.496 e. The maximum absolute atomic E-state index is 12.5. The van der Waals surface area contributed by atoms with Crippen LogP contribution in [0.15, 0.2) is 66.9 Å². The SMILES string of the molecule is COc1ccccc1C(=O)Nc1ccc(Nc2ccccc2OC(C)C)nc1. The first kappa shape index (κ1) is 19.2. The lowest BCUT2D eigenvalue weighted by Crippen LogP contribution is -2.13. The fourth-order valence-electron chi connectivity index (χ4n) is 2.64. The molecule has 0 aliphatic heterocycles. The molecule has 144 valence electrons. The first-order valence-corrected chi connectivity index (χ1v) is 9.00. The summed E-state index contributed by atoms with van der Waals surface area (Å²) in [6.45, 7) is 3.96. The molecule has 2 aromatic carbocycles. The molecule has 6 heteroatoms. The zero-order valence-electron chi connectivity index (χ0n) is 16.1. The number of methoxy groups -OCH3 is 1. The molecule has 0 bridgehead atoms. The third-order valence-corrected chi connectivity index (χ3v) is 3.89. The van der Waals surface area contributed by atoms with Crippen molar-refractivity contribution in [1.82, 2.24) is 4.98 Å². The van der Waals surface area contributed by atoms with E-state index in [0.29, 0.717) is 22.8 Å². The van der Waals surface area contributed by atoms with Crippen LogP contribution in [0.25, 0.3) is 0 Å². The second-order valence-electron chi connectivity index (χ2n) is 6.37. The molecule has 2 N–H and O–H groups in total. The summed E-state index contributed by atoms with van der Waals surface area (Å²) >= 11 is 0. The Morgan fingerprint density at radius 1 is 0.964 bits per heavy atom. The molecule has 0 saturated heterocycles. The zero-order valence-corrected chi connectivity index (χ0v) is 16.1. The van der Waals surface area contributed by atoms with Gasteiger partial charge in [0.1, 0.15) is 17.3 Å². The van der Waals surface area contributed by atoms with Crippen LogP contribution < -0.4 is 20.1 Å². The number of amides is 1. The Morgan fingerprint density at radius 3 is 2.36 bits per heavy atom. The molecule has 6 nitrogen and oxygen atoms in total. The smallest absolute Gasteiger partial charge is 0.259 e. The quantitative estimate of drug-likeness (QED) is 0.614. The highest BCUT2D eigenvalue weighted by atomic mass is 16.5. The van der Waals surface area contributed by atoms with E-state index in [9.17, 15) is 4.79 Å². The van der Waals surface area contributed by atoms with E-state index in [0.717, 1.165) is 11.4 Å². The summed E-state index contributed by atoms with van der Waals surface area (Å²) in [5.41, 5.74) is 1.88. The zero-order chi connectivity index (χ0) is 19.9. The van der Waals surface area contributed by atoms with Gasteiger partial charge in [0.15, 0.2) is 0 Å². The molecule has 1 heterocycles. The van der Waals surface area contributed by atoms with Crippen LogP contribution in [0.4, 0.5) is 17.2 Å². The van der Waals surface area contributed by atoms with E-state index in [1.807, 2.05) is 44.2 Å². The molecule has 1 aromatic heterocycles. The number of carbonyl (C=O) groups is 1. The Morgan fingerprint density at radius 2 is 1.68 bits per heavy atom. The Kier molecular flexibility index (Phi) is 6.11. The lowest BCUT2D eigenvalue weighted by atomic mass is 10.2. The number of benzene rings is 2. The van der Waals surface area contributed by atoms with Crippen molar-refractivity contribution in [3.8, 4) is 11.5 Å². The largest absolute Gasteiger partial charge is 0.496 e. The van der Waals surface area contributed by atoms with Gasteiger partial charge >= 0.3 is 0 Å². The number of nitrogens with one attached hydrogen (secondary N) is 2. The van der Waals surface area contributed by atoms with Crippen molar-refractivity contribution in [3.05, 3.63) is 72.4 Å². The number of hydrogen-bond donors (Lipinski definition) is 2. The van der Waals surface area contributed by atoms with Crippen LogP contribution in [0, 0.1) is 0 Å². The Balaban J connectivity index is 1.70. The van der Waals surface area contributed by atoms with Gasteiger partial charge in [0.05, 0.1) is 36.3 Å². The van der Waals surface area contributed by atoms with Crippen molar-refractivity contribution < 1.29 is 14.3 Å². The number of hydrogen-bond acceptors (Lipinski definition) is 5. The number of anilines is 3. The van der Waals surface area contributed by atoms with Crippen LogP contribution in [0.3, 0.4) is 0 Å². The Hall–Kier alpha value is -3.54. The number of rotatable bonds is 7.